The SMILES string of the molecule is CCN(CCCN(C)C)CC1(C(=O)O)CCOCC1. The third-order valence-corrected chi connectivity index (χ3v) is 3.96. The molecule has 0 bridgehead atoms. The summed E-state index contributed by atoms with van der Waals surface area (Å²) in [7, 11) is 4.13. The van der Waals surface area contributed by atoms with Crippen LogP contribution in [-0.2, 0) is 9.53 Å². The number of hydrogen-bond donors (Lipinski definition) is 1. The Bertz CT molecular complexity index is 276. The molecule has 1 N–H and O–H groups in total. The van der Waals surface area contributed by atoms with E-state index in [1.807, 2.05) is 0 Å². The Morgan fingerprint density at radius 2 is 1.89 bits per heavy atom. The zero-order valence-electron chi connectivity index (χ0n) is 12.5. The standard InChI is InChI=1S/C14H28N2O3/c1-4-16(9-5-8-15(2)3)12-14(13(17)18)6-10-19-11-7-14/h4-12H2,1-3H3,(H,17,18). The van der Waals surface area contributed by atoms with Gasteiger partial charge in [0.1, 0.15) is 0 Å². The number of nitrogens with zero attached hydrogens (tertiary/aromatic N) is 2. The first-order valence-corrected chi connectivity index (χ1v) is 7.18. The highest BCUT2D eigenvalue weighted by Gasteiger charge is 2.41. The molecule has 0 aromatic rings. The highest BCUT2D eigenvalue weighted by atomic mass is 16.5. The fourth-order valence-corrected chi connectivity index (χ4v) is 2.59. The van der Waals surface area contributed by atoms with Crippen molar-refractivity contribution in [1.29, 1.82) is 0 Å². The molecule has 1 aliphatic rings. The molecule has 0 unspecified atom stereocenters. The van der Waals surface area contributed by atoms with E-state index in [2.05, 4.69) is 30.8 Å². The fraction of sp³-hybridized carbons (Fsp3) is 0.929. The molecule has 5 nitrogen and oxygen atoms in total. The Kier molecular flexibility index (Phi) is 6.75. The molecule has 0 aromatic carbocycles. The van der Waals surface area contributed by atoms with E-state index in [4.69, 9.17) is 4.74 Å². The van der Waals surface area contributed by atoms with Crippen molar-refractivity contribution in [2.24, 2.45) is 5.41 Å². The molecule has 0 aromatic heterocycles. The van der Waals surface area contributed by atoms with Crippen molar-refractivity contribution in [2.45, 2.75) is 26.2 Å². The van der Waals surface area contributed by atoms with Crippen LogP contribution in [0.15, 0.2) is 0 Å². The minimum Gasteiger partial charge on any atom is -0.481 e. The lowest BCUT2D eigenvalue weighted by molar-refractivity contribution is -0.156. The predicted molar refractivity (Wildman–Crippen MR) is 75.4 cm³/mol. The van der Waals surface area contributed by atoms with Crippen LogP contribution in [0.4, 0.5) is 0 Å². The van der Waals surface area contributed by atoms with Gasteiger partial charge in [-0.25, -0.2) is 0 Å². The van der Waals surface area contributed by atoms with Crippen molar-refractivity contribution in [3.63, 3.8) is 0 Å². The lowest BCUT2D eigenvalue weighted by Crippen LogP contribution is -2.47. The van der Waals surface area contributed by atoms with Crippen molar-refractivity contribution in [3.8, 4) is 0 Å². The number of aliphatic carboxylic acids is 1. The van der Waals surface area contributed by atoms with Crippen LogP contribution in [0.5, 0.6) is 0 Å². The maximum atomic E-state index is 11.6. The minimum atomic E-state index is -0.665. The minimum absolute atomic E-state index is 0.571. The van der Waals surface area contributed by atoms with E-state index < -0.39 is 11.4 Å². The van der Waals surface area contributed by atoms with Gasteiger partial charge in [-0.1, -0.05) is 6.92 Å². The van der Waals surface area contributed by atoms with E-state index in [1.54, 1.807) is 0 Å². The number of ether oxygens (including phenoxy) is 1. The molecule has 1 saturated heterocycles. The van der Waals surface area contributed by atoms with Gasteiger partial charge in [0.15, 0.2) is 0 Å². The molecular weight excluding hydrogens is 244 g/mol. The Balaban J connectivity index is 2.52. The van der Waals surface area contributed by atoms with Gasteiger partial charge in [0.25, 0.3) is 0 Å². The quantitative estimate of drug-likeness (QED) is 0.718. The maximum absolute atomic E-state index is 11.6. The van der Waals surface area contributed by atoms with Gasteiger partial charge in [-0.05, 0) is 53.0 Å². The molecule has 0 amide bonds. The van der Waals surface area contributed by atoms with E-state index in [-0.39, 0.29) is 0 Å². The monoisotopic (exact) mass is 272 g/mol. The lowest BCUT2D eigenvalue weighted by Gasteiger charge is -2.37. The molecule has 0 aliphatic carbocycles. The Hall–Kier alpha value is -0.650. The predicted octanol–water partition coefficient (Wildman–Crippen LogP) is 1.14. The van der Waals surface area contributed by atoms with Crippen molar-refractivity contribution in [2.75, 3.05) is 53.5 Å². The highest BCUT2D eigenvalue weighted by Crippen LogP contribution is 2.32. The van der Waals surface area contributed by atoms with Gasteiger partial charge in [0.05, 0.1) is 5.41 Å². The maximum Gasteiger partial charge on any atom is 0.311 e. The average molecular weight is 272 g/mol. The van der Waals surface area contributed by atoms with Crippen molar-refractivity contribution >= 4 is 5.97 Å². The molecule has 1 fully saturated rings. The second-order valence-corrected chi connectivity index (χ2v) is 5.72. The molecule has 0 saturated carbocycles. The summed E-state index contributed by atoms with van der Waals surface area (Å²) in [5.41, 5.74) is -0.605. The summed E-state index contributed by atoms with van der Waals surface area (Å²) < 4.78 is 5.31. The molecule has 0 radical (unpaired) electrons. The smallest absolute Gasteiger partial charge is 0.311 e. The number of hydrogen-bond acceptors (Lipinski definition) is 4. The molecule has 5 heteroatoms. The van der Waals surface area contributed by atoms with E-state index in [1.165, 1.54) is 0 Å². The molecule has 1 heterocycles. The number of carboxylic acids is 1. The van der Waals surface area contributed by atoms with Crippen LogP contribution in [0.1, 0.15) is 26.2 Å². The van der Waals surface area contributed by atoms with Gasteiger partial charge in [0.2, 0.25) is 0 Å². The van der Waals surface area contributed by atoms with Gasteiger partial charge in [-0.2, -0.15) is 0 Å². The largest absolute Gasteiger partial charge is 0.481 e. The van der Waals surface area contributed by atoms with Crippen LogP contribution in [-0.4, -0.2) is 74.4 Å². The average Bonchev–Trinajstić information content (AvgIpc) is 2.38. The first kappa shape index (κ1) is 16.4. The van der Waals surface area contributed by atoms with Crippen molar-refractivity contribution in [1.82, 2.24) is 9.80 Å². The molecule has 112 valence electrons. The van der Waals surface area contributed by atoms with Crippen LogP contribution in [0.3, 0.4) is 0 Å². The summed E-state index contributed by atoms with van der Waals surface area (Å²) in [5.74, 6) is -0.665. The van der Waals surface area contributed by atoms with E-state index in [0.717, 1.165) is 26.1 Å². The molecule has 0 spiro atoms. The lowest BCUT2D eigenvalue weighted by atomic mass is 9.79. The zero-order valence-corrected chi connectivity index (χ0v) is 12.5. The highest BCUT2D eigenvalue weighted by molar-refractivity contribution is 5.75. The first-order valence-electron chi connectivity index (χ1n) is 7.18. The second kappa shape index (κ2) is 7.82. The topological polar surface area (TPSA) is 53.0 Å². The van der Waals surface area contributed by atoms with E-state index in [9.17, 15) is 9.90 Å². The Morgan fingerprint density at radius 1 is 1.26 bits per heavy atom. The number of carbonyl (C=O) groups is 1. The molecule has 1 aliphatic heterocycles. The summed E-state index contributed by atoms with van der Waals surface area (Å²) in [6.07, 6.45) is 2.34. The van der Waals surface area contributed by atoms with Gasteiger partial charge >= 0.3 is 5.97 Å². The molecule has 0 atom stereocenters. The van der Waals surface area contributed by atoms with E-state index >= 15 is 0 Å². The van der Waals surface area contributed by atoms with Crippen LogP contribution in [0.25, 0.3) is 0 Å². The van der Waals surface area contributed by atoms with Crippen LogP contribution in [0.2, 0.25) is 0 Å². The first-order chi connectivity index (χ1) is 9.00. The van der Waals surface area contributed by atoms with Crippen LogP contribution < -0.4 is 0 Å². The van der Waals surface area contributed by atoms with Crippen LogP contribution in [0, 0.1) is 5.41 Å². The Morgan fingerprint density at radius 3 is 2.37 bits per heavy atom. The van der Waals surface area contributed by atoms with Gasteiger partial charge in [-0.3, -0.25) is 4.79 Å². The summed E-state index contributed by atoms with van der Waals surface area (Å²) >= 11 is 0. The summed E-state index contributed by atoms with van der Waals surface area (Å²) in [6, 6.07) is 0. The Labute approximate surface area is 116 Å². The molecule has 19 heavy (non-hydrogen) atoms. The molecular formula is C14H28N2O3. The van der Waals surface area contributed by atoms with Gasteiger partial charge < -0.3 is 19.6 Å². The van der Waals surface area contributed by atoms with E-state index in [0.29, 0.717) is 32.6 Å². The summed E-state index contributed by atoms with van der Waals surface area (Å²) in [5, 5.41) is 9.56. The van der Waals surface area contributed by atoms with Crippen molar-refractivity contribution < 1.29 is 14.6 Å². The third-order valence-electron chi connectivity index (χ3n) is 3.96. The summed E-state index contributed by atoms with van der Waals surface area (Å²) in [6.45, 7) is 6.80. The number of rotatable bonds is 8. The third kappa shape index (κ3) is 5.09. The number of carboxylic acid groups (broad SMARTS) is 1. The second-order valence-electron chi connectivity index (χ2n) is 5.72. The summed E-state index contributed by atoms with van der Waals surface area (Å²) in [4.78, 5) is 16.0. The van der Waals surface area contributed by atoms with Crippen molar-refractivity contribution in [3.05, 3.63) is 0 Å². The normalized spacial score (nSPS) is 19.0. The van der Waals surface area contributed by atoms with Gasteiger partial charge in [0, 0.05) is 19.8 Å². The van der Waals surface area contributed by atoms with Gasteiger partial charge in [-0.15, -0.1) is 0 Å². The molecule has 1 rings (SSSR count). The van der Waals surface area contributed by atoms with Crippen LogP contribution >= 0.6 is 0 Å². The fourth-order valence-electron chi connectivity index (χ4n) is 2.59. The zero-order chi connectivity index (χ0) is 14.3.